The second-order valence-electron chi connectivity index (χ2n) is 6.60. The molecule has 0 radical (unpaired) electrons. The van der Waals surface area contributed by atoms with Gasteiger partial charge in [-0.15, -0.1) is 0 Å². The fraction of sp³-hybridized carbons (Fsp3) is 0.500. The number of nitrogens with one attached hydrogen (secondary N) is 1. The number of hydrogen-bond donors (Lipinski definition) is 1. The summed E-state index contributed by atoms with van der Waals surface area (Å²) >= 11 is 0. The van der Waals surface area contributed by atoms with E-state index in [9.17, 15) is 4.79 Å². The zero-order chi connectivity index (χ0) is 15.6. The lowest BCUT2D eigenvalue weighted by molar-refractivity contribution is 0.0941. The number of hydrogen-bond acceptors (Lipinski definition) is 3. The van der Waals surface area contributed by atoms with Gasteiger partial charge in [0.1, 0.15) is 5.52 Å². The number of pyridine rings is 1. The van der Waals surface area contributed by atoms with Crippen LogP contribution in [0.1, 0.15) is 61.3 Å². The van der Waals surface area contributed by atoms with Crippen LogP contribution in [0.5, 0.6) is 0 Å². The van der Waals surface area contributed by atoms with Gasteiger partial charge in [0.25, 0.3) is 5.91 Å². The number of carbonyl (C=O) groups is 1. The van der Waals surface area contributed by atoms with Crippen LogP contribution >= 0.6 is 0 Å². The van der Waals surface area contributed by atoms with E-state index in [-0.39, 0.29) is 11.9 Å². The van der Waals surface area contributed by atoms with Crippen molar-refractivity contribution in [2.24, 2.45) is 0 Å². The molecule has 1 unspecified atom stereocenters. The van der Waals surface area contributed by atoms with Crippen molar-refractivity contribution >= 4 is 17.1 Å². The minimum absolute atomic E-state index is 0.0635. The second kappa shape index (κ2) is 6.14. The fourth-order valence-electron chi connectivity index (χ4n) is 3.68. The molecule has 4 rings (SSSR count). The van der Waals surface area contributed by atoms with E-state index < -0.39 is 0 Å². The minimum atomic E-state index is -0.0635. The molecule has 5 heteroatoms. The van der Waals surface area contributed by atoms with Crippen molar-refractivity contribution in [2.75, 3.05) is 0 Å². The van der Waals surface area contributed by atoms with Crippen LogP contribution in [0.25, 0.3) is 11.2 Å². The molecule has 2 aliphatic carbocycles. The maximum Gasteiger partial charge on any atom is 0.253 e. The maximum absolute atomic E-state index is 12.4. The van der Waals surface area contributed by atoms with Crippen LogP contribution in [0.3, 0.4) is 0 Å². The first kappa shape index (κ1) is 14.4. The minimum Gasteiger partial charge on any atom is -0.346 e. The van der Waals surface area contributed by atoms with E-state index in [1.807, 2.05) is 12.4 Å². The summed E-state index contributed by atoms with van der Waals surface area (Å²) in [7, 11) is 0. The molecule has 2 aliphatic rings. The molecule has 0 spiro atoms. The molecule has 0 bridgehead atoms. The molecule has 1 N–H and O–H groups in total. The van der Waals surface area contributed by atoms with E-state index >= 15 is 0 Å². The van der Waals surface area contributed by atoms with Gasteiger partial charge in [0, 0.05) is 18.3 Å². The standard InChI is InChI=1S/C18H22N4O/c23-18(21-14-6-2-1-3-7-14)13-10-16-17(19-11-13)22(12-20-16)15-8-4-5-9-15/h2,6,10-12,14-15H,1,3-5,7-9H2,(H,21,23). The zero-order valence-corrected chi connectivity index (χ0v) is 13.2. The molecule has 2 heterocycles. The molecule has 1 amide bonds. The topological polar surface area (TPSA) is 59.8 Å². The van der Waals surface area contributed by atoms with E-state index in [1.54, 1.807) is 6.20 Å². The van der Waals surface area contributed by atoms with Crippen molar-refractivity contribution in [1.82, 2.24) is 19.9 Å². The lowest BCUT2D eigenvalue weighted by Gasteiger charge is -2.17. The predicted molar refractivity (Wildman–Crippen MR) is 89.3 cm³/mol. The SMILES string of the molecule is O=C(NC1C=CCCC1)c1cnc2c(c1)ncn2C1CCCC1. The summed E-state index contributed by atoms with van der Waals surface area (Å²) in [6.45, 7) is 0. The average molecular weight is 310 g/mol. The normalized spacial score (nSPS) is 21.8. The molecular weight excluding hydrogens is 288 g/mol. The van der Waals surface area contributed by atoms with E-state index in [2.05, 4.69) is 32.0 Å². The van der Waals surface area contributed by atoms with Crippen molar-refractivity contribution in [3.05, 3.63) is 36.3 Å². The molecule has 23 heavy (non-hydrogen) atoms. The highest BCUT2D eigenvalue weighted by Crippen LogP contribution is 2.31. The third kappa shape index (κ3) is 2.87. The number of nitrogens with zero attached hydrogens (tertiary/aromatic N) is 3. The van der Waals surface area contributed by atoms with Crippen LogP contribution < -0.4 is 5.32 Å². The van der Waals surface area contributed by atoms with Crippen molar-refractivity contribution in [1.29, 1.82) is 0 Å². The molecule has 1 atom stereocenters. The van der Waals surface area contributed by atoms with Crippen LogP contribution in [0.2, 0.25) is 0 Å². The molecule has 120 valence electrons. The highest BCUT2D eigenvalue weighted by molar-refractivity contribution is 5.96. The van der Waals surface area contributed by atoms with Crippen molar-refractivity contribution in [2.45, 2.75) is 57.0 Å². The van der Waals surface area contributed by atoms with Crippen LogP contribution in [0, 0.1) is 0 Å². The van der Waals surface area contributed by atoms with Gasteiger partial charge in [-0.2, -0.15) is 0 Å². The van der Waals surface area contributed by atoms with Crippen molar-refractivity contribution in [3.8, 4) is 0 Å². The van der Waals surface area contributed by atoms with Gasteiger partial charge in [-0.25, -0.2) is 9.97 Å². The Kier molecular flexibility index (Phi) is 3.85. The van der Waals surface area contributed by atoms with Gasteiger partial charge in [-0.05, 0) is 38.2 Å². The Hall–Kier alpha value is -2.17. The van der Waals surface area contributed by atoms with Crippen molar-refractivity contribution < 1.29 is 4.79 Å². The zero-order valence-electron chi connectivity index (χ0n) is 13.2. The lowest BCUT2D eigenvalue weighted by atomic mass is 10.0. The Morgan fingerprint density at radius 3 is 2.83 bits per heavy atom. The molecular formula is C18H22N4O. The van der Waals surface area contributed by atoms with Gasteiger partial charge in [-0.3, -0.25) is 4.79 Å². The quantitative estimate of drug-likeness (QED) is 0.884. The molecule has 0 saturated heterocycles. The molecule has 1 fully saturated rings. The molecule has 1 saturated carbocycles. The number of allylic oxidation sites excluding steroid dienone is 1. The van der Waals surface area contributed by atoms with E-state index in [0.717, 1.165) is 30.4 Å². The van der Waals surface area contributed by atoms with E-state index in [0.29, 0.717) is 11.6 Å². The van der Waals surface area contributed by atoms with Crippen LogP contribution in [0.4, 0.5) is 0 Å². The van der Waals surface area contributed by atoms with Crippen molar-refractivity contribution in [3.63, 3.8) is 0 Å². The first-order valence-corrected chi connectivity index (χ1v) is 8.61. The van der Waals surface area contributed by atoms with Gasteiger partial charge in [0.2, 0.25) is 0 Å². The number of fused-ring (bicyclic) bond motifs is 1. The molecule has 2 aromatic rings. The highest BCUT2D eigenvalue weighted by Gasteiger charge is 2.20. The largest absolute Gasteiger partial charge is 0.346 e. The Bertz CT molecular complexity index is 743. The molecule has 0 aromatic carbocycles. The smallest absolute Gasteiger partial charge is 0.253 e. The van der Waals surface area contributed by atoms with Gasteiger partial charge in [-0.1, -0.05) is 25.0 Å². The first-order chi connectivity index (χ1) is 11.3. The fourth-order valence-corrected chi connectivity index (χ4v) is 3.68. The summed E-state index contributed by atoms with van der Waals surface area (Å²) in [6.07, 6.45) is 16.0. The summed E-state index contributed by atoms with van der Waals surface area (Å²) in [5.41, 5.74) is 2.29. The molecule has 5 nitrogen and oxygen atoms in total. The highest BCUT2D eigenvalue weighted by atomic mass is 16.1. The van der Waals surface area contributed by atoms with Crippen LogP contribution in [-0.4, -0.2) is 26.5 Å². The number of rotatable bonds is 3. The summed E-state index contributed by atoms with van der Waals surface area (Å²) < 4.78 is 2.17. The Balaban J connectivity index is 1.55. The Morgan fingerprint density at radius 1 is 1.17 bits per heavy atom. The van der Waals surface area contributed by atoms with E-state index in [1.165, 1.54) is 25.7 Å². The maximum atomic E-state index is 12.4. The number of imidazole rings is 1. The third-order valence-electron chi connectivity index (χ3n) is 4.96. The molecule has 2 aromatic heterocycles. The predicted octanol–water partition coefficient (Wildman–Crippen LogP) is 3.38. The summed E-state index contributed by atoms with van der Waals surface area (Å²) in [5.74, 6) is -0.0635. The first-order valence-electron chi connectivity index (χ1n) is 8.61. The summed E-state index contributed by atoms with van der Waals surface area (Å²) in [4.78, 5) is 21.4. The molecule has 0 aliphatic heterocycles. The van der Waals surface area contributed by atoms with Crippen LogP contribution in [-0.2, 0) is 0 Å². The number of carbonyl (C=O) groups excluding carboxylic acids is 1. The van der Waals surface area contributed by atoms with Crippen LogP contribution in [0.15, 0.2) is 30.7 Å². The van der Waals surface area contributed by atoms with Gasteiger partial charge in [0.05, 0.1) is 11.9 Å². The Morgan fingerprint density at radius 2 is 2.04 bits per heavy atom. The lowest BCUT2D eigenvalue weighted by Crippen LogP contribution is -2.34. The number of amides is 1. The monoisotopic (exact) mass is 310 g/mol. The van der Waals surface area contributed by atoms with Gasteiger partial charge >= 0.3 is 0 Å². The summed E-state index contributed by atoms with van der Waals surface area (Å²) in [5, 5.41) is 3.06. The average Bonchev–Trinajstić information content (AvgIpc) is 3.24. The van der Waals surface area contributed by atoms with Gasteiger partial charge in [0.15, 0.2) is 5.65 Å². The van der Waals surface area contributed by atoms with Gasteiger partial charge < -0.3 is 9.88 Å². The van der Waals surface area contributed by atoms with E-state index in [4.69, 9.17) is 0 Å². The number of aromatic nitrogens is 3. The third-order valence-corrected chi connectivity index (χ3v) is 4.96. The second-order valence-corrected chi connectivity index (χ2v) is 6.60. The Labute approximate surface area is 135 Å². The summed E-state index contributed by atoms with van der Waals surface area (Å²) in [6, 6.07) is 2.51.